The first kappa shape index (κ1) is 26.4. The fourth-order valence-corrected chi connectivity index (χ4v) is 3.82. The van der Waals surface area contributed by atoms with Crippen LogP contribution in [-0.2, 0) is 20.7 Å². The lowest BCUT2D eigenvalue weighted by Gasteiger charge is -2.33. The molecule has 1 saturated heterocycles. The van der Waals surface area contributed by atoms with Crippen LogP contribution in [-0.4, -0.2) is 42.0 Å². The van der Waals surface area contributed by atoms with E-state index in [1.165, 1.54) is 25.1 Å². The van der Waals surface area contributed by atoms with E-state index in [0.717, 1.165) is 0 Å². The maximum Gasteiger partial charge on any atom is 0.495 e. The number of carbonyl (C=O) groups excluding carboxylic acids is 1. The number of rotatable bonds is 6. The van der Waals surface area contributed by atoms with Gasteiger partial charge in [-0.1, -0.05) is 48.0 Å². The summed E-state index contributed by atoms with van der Waals surface area (Å²) in [4.78, 5) is 13.5. The largest absolute Gasteiger partial charge is 0.495 e. The topological polar surface area (TPSA) is 48.0 Å². The summed E-state index contributed by atoms with van der Waals surface area (Å²) in [6.07, 6.45) is -5.85. The van der Waals surface area contributed by atoms with Crippen molar-refractivity contribution in [1.29, 1.82) is 0 Å². The van der Waals surface area contributed by atoms with E-state index in [1.807, 2.05) is 27.7 Å². The number of carbonyl (C=O) groups is 1. The first-order chi connectivity index (χ1) is 15.8. The molecule has 1 aliphatic rings. The molecule has 0 aromatic heterocycles. The number of ether oxygens (including phenoxy) is 1. The summed E-state index contributed by atoms with van der Waals surface area (Å²) < 4.78 is 60.6. The third-order valence-electron chi connectivity index (χ3n) is 6.27. The highest BCUT2D eigenvalue weighted by Gasteiger charge is 2.54. The Hall–Kier alpha value is -2.23. The molecule has 2 aromatic carbocycles. The average Bonchev–Trinajstić information content (AvgIpc) is 2.97. The summed E-state index contributed by atoms with van der Waals surface area (Å²) in [6, 6.07) is 10.2. The lowest BCUT2D eigenvalue weighted by molar-refractivity contribution is -0.181. The van der Waals surface area contributed by atoms with Crippen molar-refractivity contribution in [2.24, 2.45) is 0 Å². The Morgan fingerprint density at radius 3 is 2.15 bits per heavy atom. The zero-order valence-corrected chi connectivity index (χ0v) is 20.5. The molecule has 0 N–H and O–H groups in total. The SMILES string of the molecule is CCN(C(=O)OCc1ccc(Cl)cc1)C(c1ccccc1B1OC(C)(C)C(C)(C)O1)C(F)(F)F. The fraction of sp³-hybridized carbons (Fsp3) is 0.458. The number of halogens is 4. The Morgan fingerprint density at radius 1 is 1.06 bits per heavy atom. The van der Waals surface area contributed by atoms with Crippen LogP contribution in [0.4, 0.5) is 18.0 Å². The van der Waals surface area contributed by atoms with Gasteiger partial charge in [0.2, 0.25) is 0 Å². The predicted molar refractivity (Wildman–Crippen MR) is 125 cm³/mol. The Balaban J connectivity index is 1.92. The number of nitrogens with zero attached hydrogens (tertiary/aromatic N) is 1. The quantitative estimate of drug-likeness (QED) is 0.466. The molecule has 1 aliphatic heterocycles. The first-order valence-electron chi connectivity index (χ1n) is 11.0. The van der Waals surface area contributed by atoms with E-state index in [9.17, 15) is 18.0 Å². The second-order valence-electron chi connectivity index (χ2n) is 9.13. The van der Waals surface area contributed by atoms with Gasteiger partial charge in [0.25, 0.3) is 0 Å². The summed E-state index contributed by atoms with van der Waals surface area (Å²) in [5.41, 5.74) is -0.776. The third-order valence-corrected chi connectivity index (χ3v) is 6.52. The Kier molecular flexibility index (Phi) is 7.60. The maximum absolute atomic E-state index is 14.4. The summed E-state index contributed by atoms with van der Waals surface area (Å²) in [5.74, 6) is 0. The summed E-state index contributed by atoms with van der Waals surface area (Å²) in [6.45, 7) is 8.36. The minimum absolute atomic E-state index is 0.126. The molecule has 1 atom stereocenters. The molecule has 1 unspecified atom stereocenters. The minimum atomic E-state index is -4.77. The van der Waals surface area contributed by atoms with Crippen molar-refractivity contribution in [2.45, 2.75) is 64.6 Å². The van der Waals surface area contributed by atoms with Gasteiger partial charge in [0, 0.05) is 11.6 Å². The number of hydrogen-bond acceptors (Lipinski definition) is 4. The molecule has 1 amide bonds. The molecule has 0 spiro atoms. The first-order valence-corrected chi connectivity index (χ1v) is 11.3. The molecular weight excluding hydrogens is 470 g/mol. The molecule has 10 heteroatoms. The van der Waals surface area contributed by atoms with Crippen molar-refractivity contribution in [1.82, 2.24) is 4.90 Å². The molecule has 1 heterocycles. The van der Waals surface area contributed by atoms with Crippen molar-refractivity contribution < 1.29 is 32.0 Å². The van der Waals surface area contributed by atoms with Gasteiger partial charge in [-0.15, -0.1) is 0 Å². The Morgan fingerprint density at radius 2 is 1.62 bits per heavy atom. The molecular formula is C24H28BClF3NO4. The van der Waals surface area contributed by atoms with E-state index < -0.39 is 36.6 Å². The highest BCUT2D eigenvalue weighted by molar-refractivity contribution is 6.62. The number of alkyl halides is 3. The number of amides is 1. The molecule has 5 nitrogen and oxygen atoms in total. The van der Waals surface area contributed by atoms with Crippen molar-refractivity contribution >= 4 is 30.3 Å². The van der Waals surface area contributed by atoms with E-state index in [0.29, 0.717) is 15.5 Å². The molecule has 1 fully saturated rings. The molecule has 0 bridgehead atoms. The number of benzene rings is 2. The van der Waals surface area contributed by atoms with E-state index in [-0.39, 0.29) is 24.2 Å². The van der Waals surface area contributed by atoms with Gasteiger partial charge in [-0.25, -0.2) is 4.79 Å². The molecule has 184 valence electrons. The van der Waals surface area contributed by atoms with Gasteiger partial charge in [-0.05, 0) is 63.3 Å². The van der Waals surface area contributed by atoms with Gasteiger partial charge in [0.05, 0.1) is 11.2 Å². The van der Waals surface area contributed by atoms with E-state index in [1.54, 1.807) is 30.3 Å². The zero-order valence-electron chi connectivity index (χ0n) is 19.8. The van der Waals surface area contributed by atoms with Gasteiger partial charge in [-0.3, -0.25) is 4.90 Å². The second-order valence-corrected chi connectivity index (χ2v) is 9.56. The standard InChI is InChI=1S/C24H28BClF3NO4/c1-6-30(21(31)32-15-16-11-13-17(26)14-12-16)20(24(27,28)29)18-9-7-8-10-19(18)25-33-22(2,3)23(4,5)34-25/h7-14,20H,6,15H2,1-5H3. The average molecular weight is 498 g/mol. The van der Waals surface area contributed by atoms with Crippen LogP contribution in [0.15, 0.2) is 48.5 Å². The molecule has 0 aliphatic carbocycles. The molecule has 2 aromatic rings. The minimum Gasteiger partial charge on any atom is -0.445 e. The summed E-state index contributed by atoms with van der Waals surface area (Å²) in [5, 5.41) is 0.502. The zero-order chi connectivity index (χ0) is 25.3. The second kappa shape index (κ2) is 9.80. The van der Waals surface area contributed by atoms with Gasteiger partial charge in [0.1, 0.15) is 6.61 Å². The van der Waals surface area contributed by atoms with Crippen LogP contribution < -0.4 is 5.46 Å². The van der Waals surface area contributed by atoms with Gasteiger partial charge in [0.15, 0.2) is 6.04 Å². The van der Waals surface area contributed by atoms with Crippen LogP contribution in [0.5, 0.6) is 0 Å². The van der Waals surface area contributed by atoms with E-state index in [4.69, 9.17) is 25.6 Å². The lowest BCUT2D eigenvalue weighted by Crippen LogP contribution is -2.47. The van der Waals surface area contributed by atoms with Crippen LogP contribution in [0.2, 0.25) is 5.02 Å². The van der Waals surface area contributed by atoms with Crippen LogP contribution >= 0.6 is 11.6 Å². The van der Waals surface area contributed by atoms with Crippen LogP contribution in [0, 0.1) is 0 Å². The van der Waals surface area contributed by atoms with Crippen molar-refractivity contribution in [3.05, 3.63) is 64.7 Å². The molecule has 3 rings (SSSR count). The molecule has 0 radical (unpaired) electrons. The monoisotopic (exact) mass is 497 g/mol. The normalized spacial score (nSPS) is 18.0. The highest BCUT2D eigenvalue weighted by Crippen LogP contribution is 2.40. The Bertz CT molecular complexity index is 998. The number of hydrogen-bond donors (Lipinski definition) is 0. The van der Waals surface area contributed by atoms with Crippen molar-refractivity contribution in [3.8, 4) is 0 Å². The van der Waals surface area contributed by atoms with Crippen molar-refractivity contribution in [2.75, 3.05) is 6.54 Å². The van der Waals surface area contributed by atoms with E-state index >= 15 is 0 Å². The summed E-state index contributed by atoms with van der Waals surface area (Å²) >= 11 is 5.85. The van der Waals surface area contributed by atoms with Gasteiger partial charge < -0.3 is 14.0 Å². The molecule has 0 saturated carbocycles. The maximum atomic E-state index is 14.4. The highest BCUT2D eigenvalue weighted by atomic mass is 35.5. The summed E-state index contributed by atoms with van der Waals surface area (Å²) in [7, 11) is -1.02. The van der Waals surface area contributed by atoms with Gasteiger partial charge >= 0.3 is 19.4 Å². The lowest BCUT2D eigenvalue weighted by atomic mass is 9.74. The van der Waals surface area contributed by atoms with Gasteiger partial charge in [-0.2, -0.15) is 13.2 Å². The van der Waals surface area contributed by atoms with E-state index in [2.05, 4.69) is 0 Å². The predicted octanol–water partition coefficient (Wildman–Crippen LogP) is 5.90. The third kappa shape index (κ3) is 5.53. The fourth-order valence-electron chi connectivity index (χ4n) is 3.69. The Labute approximate surface area is 203 Å². The van der Waals surface area contributed by atoms with Crippen molar-refractivity contribution in [3.63, 3.8) is 0 Å². The van der Waals surface area contributed by atoms with Crippen LogP contribution in [0.3, 0.4) is 0 Å². The molecule has 34 heavy (non-hydrogen) atoms. The van der Waals surface area contributed by atoms with Crippen LogP contribution in [0.1, 0.15) is 51.8 Å². The van der Waals surface area contributed by atoms with Crippen LogP contribution in [0.25, 0.3) is 0 Å². The smallest absolute Gasteiger partial charge is 0.445 e.